The molecule has 0 radical (unpaired) electrons. The van der Waals surface area contributed by atoms with Crippen molar-refractivity contribution in [2.75, 3.05) is 20.2 Å². The first-order valence-electron chi connectivity index (χ1n) is 13.9. The van der Waals surface area contributed by atoms with Crippen LogP contribution in [0.3, 0.4) is 0 Å². The molecule has 216 valence electrons. The Morgan fingerprint density at radius 1 is 1.10 bits per heavy atom. The molecule has 2 heterocycles. The third-order valence-electron chi connectivity index (χ3n) is 8.11. The van der Waals surface area contributed by atoms with Crippen molar-refractivity contribution in [1.82, 2.24) is 9.80 Å². The number of hydrogen-bond acceptors (Lipinski definition) is 6. The van der Waals surface area contributed by atoms with Crippen LogP contribution in [0.15, 0.2) is 42.5 Å². The molecule has 2 aliphatic heterocycles. The summed E-state index contributed by atoms with van der Waals surface area (Å²) in [5.41, 5.74) is 13.8. The van der Waals surface area contributed by atoms with E-state index in [1.165, 1.54) is 12.7 Å². The number of fused-ring (bicyclic) bond motifs is 1. The SMILES string of the molecule is COc1c(CCC(=O)[C@@H](CCC(N)=O)N2CCC(CCc3ccccc3)N3C[C@H](N)C[C@H]3C2=O)ccc(Cl)c1Cl. The summed E-state index contributed by atoms with van der Waals surface area (Å²) in [5, 5.41) is 0.658. The van der Waals surface area contributed by atoms with Gasteiger partial charge in [0.15, 0.2) is 5.78 Å². The summed E-state index contributed by atoms with van der Waals surface area (Å²) in [6.07, 6.45) is 3.77. The van der Waals surface area contributed by atoms with Gasteiger partial charge in [-0.05, 0) is 55.7 Å². The monoisotopic (exact) mass is 588 g/mol. The third kappa shape index (κ3) is 7.16. The fourth-order valence-electron chi connectivity index (χ4n) is 6.08. The summed E-state index contributed by atoms with van der Waals surface area (Å²) in [4.78, 5) is 43.3. The number of carbonyl (C=O) groups excluding carboxylic acids is 3. The number of aryl methyl sites for hydroxylation is 2. The molecule has 2 aromatic rings. The average molecular weight is 590 g/mol. The molecule has 2 aromatic carbocycles. The van der Waals surface area contributed by atoms with E-state index in [-0.39, 0.29) is 49.1 Å². The molecule has 4 N–H and O–H groups in total. The molecule has 0 bridgehead atoms. The molecule has 2 fully saturated rings. The van der Waals surface area contributed by atoms with Gasteiger partial charge in [0.05, 0.1) is 24.2 Å². The summed E-state index contributed by atoms with van der Waals surface area (Å²) in [5.74, 6) is -0.292. The molecule has 2 saturated heterocycles. The lowest BCUT2D eigenvalue weighted by Crippen LogP contribution is -2.51. The van der Waals surface area contributed by atoms with Crippen LogP contribution >= 0.6 is 23.2 Å². The maximum absolute atomic E-state index is 13.9. The second kappa shape index (κ2) is 13.8. The van der Waals surface area contributed by atoms with Gasteiger partial charge in [0, 0.05) is 38.0 Å². The smallest absolute Gasteiger partial charge is 0.240 e. The predicted molar refractivity (Wildman–Crippen MR) is 157 cm³/mol. The lowest BCUT2D eigenvalue weighted by molar-refractivity contribution is -0.142. The largest absolute Gasteiger partial charge is 0.495 e. The Morgan fingerprint density at radius 2 is 1.85 bits per heavy atom. The zero-order chi connectivity index (χ0) is 28.8. The molecule has 2 aliphatic rings. The highest BCUT2D eigenvalue weighted by Gasteiger charge is 2.45. The predicted octanol–water partition coefficient (Wildman–Crippen LogP) is 3.77. The fraction of sp³-hybridized carbons (Fsp3) is 0.500. The minimum atomic E-state index is -0.750. The van der Waals surface area contributed by atoms with Crippen LogP contribution < -0.4 is 16.2 Å². The molecule has 8 nitrogen and oxygen atoms in total. The van der Waals surface area contributed by atoms with Crippen LogP contribution in [0.25, 0.3) is 0 Å². The average Bonchev–Trinajstić information content (AvgIpc) is 3.28. The second-order valence-electron chi connectivity index (χ2n) is 10.7. The van der Waals surface area contributed by atoms with Gasteiger partial charge in [0.25, 0.3) is 0 Å². The number of ether oxygens (including phenoxy) is 1. The Bertz CT molecular complexity index is 1210. The normalized spacial score (nSPS) is 22.1. The highest BCUT2D eigenvalue weighted by molar-refractivity contribution is 6.43. The van der Waals surface area contributed by atoms with E-state index < -0.39 is 11.9 Å². The second-order valence-corrected chi connectivity index (χ2v) is 11.5. The summed E-state index contributed by atoms with van der Waals surface area (Å²) in [6, 6.07) is 12.7. The lowest BCUT2D eigenvalue weighted by atomic mass is 9.97. The molecule has 1 unspecified atom stereocenters. The van der Waals surface area contributed by atoms with Crippen LogP contribution in [-0.4, -0.2) is 71.8 Å². The lowest BCUT2D eigenvalue weighted by Gasteiger charge is -2.32. The van der Waals surface area contributed by atoms with E-state index in [1.54, 1.807) is 17.0 Å². The zero-order valence-electron chi connectivity index (χ0n) is 22.9. The van der Waals surface area contributed by atoms with E-state index in [2.05, 4.69) is 17.0 Å². The van der Waals surface area contributed by atoms with Crippen LogP contribution in [-0.2, 0) is 27.2 Å². The molecule has 10 heteroatoms. The van der Waals surface area contributed by atoms with Gasteiger partial charge in [-0.1, -0.05) is 59.6 Å². The number of ketones is 1. The standard InChI is InChI=1S/C30H38Cl2N4O4/c1-40-29-20(8-11-23(31)28(29)32)9-13-26(37)24(12-14-27(34)38)35-16-15-22(10-7-19-5-3-2-4-6-19)36-18-21(33)17-25(36)30(35)39/h2-6,8,11,21-22,24-25H,7,9-10,12-18,33H2,1H3,(H2,34,38)/t21-,22?,24-,25+/m1/s1. The van der Waals surface area contributed by atoms with E-state index in [1.807, 2.05) is 18.2 Å². The van der Waals surface area contributed by atoms with Gasteiger partial charge in [-0.25, -0.2) is 0 Å². The van der Waals surface area contributed by atoms with Crippen molar-refractivity contribution >= 4 is 40.8 Å². The highest BCUT2D eigenvalue weighted by atomic mass is 35.5. The van der Waals surface area contributed by atoms with E-state index in [4.69, 9.17) is 39.4 Å². The number of amides is 2. The number of primary amides is 1. The van der Waals surface area contributed by atoms with Crippen LogP contribution in [0.4, 0.5) is 0 Å². The first-order chi connectivity index (χ1) is 19.2. The number of carbonyl (C=O) groups is 3. The van der Waals surface area contributed by atoms with Crippen molar-refractivity contribution in [1.29, 1.82) is 0 Å². The number of benzene rings is 2. The van der Waals surface area contributed by atoms with Crippen molar-refractivity contribution in [2.24, 2.45) is 11.5 Å². The maximum atomic E-state index is 13.9. The first kappa shape index (κ1) is 30.3. The Kier molecular flexibility index (Phi) is 10.5. The van der Waals surface area contributed by atoms with Crippen LogP contribution in [0.2, 0.25) is 10.0 Å². The Labute approximate surface area is 245 Å². The van der Waals surface area contributed by atoms with Crippen molar-refractivity contribution in [3.63, 3.8) is 0 Å². The molecule has 0 saturated carbocycles. The number of nitrogens with zero attached hydrogens (tertiary/aromatic N) is 2. The number of halogens is 2. The number of hydrogen-bond donors (Lipinski definition) is 2. The van der Waals surface area contributed by atoms with E-state index in [0.29, 0.717) is 41.7 Å². The molecule has 0 spiro atoms. The molecule has 40 heavy (non-hydrogen) atoms. The van der Waals surface area contributed by atoms with Crippen molar-refractivity contribution in [2.45, 2.75) is 75.5 Å². The molecule has 4 atom stereocenters. The van der Waals surface area contributed by atoms with Gasteiger partial charge in [0.1, 0.15) is 10.8 Å². The number of Topliss-reactive ketones (excluding diaryl/α,β-unsaturated/α-hetero) is 1. The van der Waals surface area contributed by atoms with E-state index >= 15 is 0 Å². The quantitative estimate of drug-likeness (QED) is 0.389. The Hall–Kier alpha value is -2.65. The van der Waals surface area contributed by atoms with Gasteiger partial charge in [-0.3, -0.25) is 19.3 Å². The summed E-state index contributed by atoms with van der Waals surface area (Å²) >= 11 is 12.4. The topological polar surface area (TPSA) is 119 Å². The molecule has 4 rings (SSSR count). The van der Waals surface area contributed by atoms with Gasteiger partial charge in [-0.2, -0.15) is 0 Å². The Balaban J connectivity index is 1.53. The van der Waals surface area contributed by atoms with Gasteiger partial charge < -0.3 is 21.1 Å². The fourth-order valence-corrected chi connectivity index (χ4v) is 6.49. The Morgan fingerprint density at radius 3 is 2.55 bits per heavy atom. The van der Waals surface area contributed by atoms with Crippen LogP contribution in [0, 0.1) is 0 Å². The van der Waals surface area contributed by atoms with Gasteiger partial charge >= 0.3 is 0 Å². The van der Waals surface area contributed by atoms with E-state index in [9.17, 15) is 14.4 Å². The number of rotatable bonds is 12. The zero-order valence-corrected chi connectivity index (χ0v) is 24.4. The molecule has 0 aliphatic carbocycles. The van der Waals surface area contributed by atoms with Crippen molar-refractivity contribution in [3.8, 4) is 5.75 Å². The summed E-state index contributed by atoms with van der Waals surface area (Å²) in [7, 11) is 1.50. The maximum Gasteiger partial charge on any atom is 0.240 e. The third-order valence-corrected chi connectivity index (χ3v) is 8.90. The first-order valence-corrected chi connectivity index (χ1v) is 14.6. The number of nitrogens with two attached hydrogens (primary N) is 2. The van der Waals surface area contributed by atoms with Crippen molar-refractivity contribution < 1.29 is 19.1 Å². The van der Waals surface area contributed by atoms with Crippen molar-refractivity contribution in [3.05, 3.63) is 63.6 Å². The summed E-state index contributed by atoms with van der Waals surface area (Å²) in [6.45, 7) is 1.09. The van der Waals surface area contributed by atoms with Crippen LogP contribution in [0.5, 0.6) is 5.75 Å². The van der Waals surface area contributed by atoms with Crippen LogP contribution in [0.1, 0.15) is 49.7 Å². The molecule has 0 aromatic heterocycles. The minimum Gasteiger partial charge on any atom is -0.495 e. The molecule has 2 amide bonds. The minimum absolute atomic E-state index is 0.0155. The highest BCUT2D eigenvalue weighted by Crippen LogP contribution is 2.36. The summed E-state index contributed by atoms with van der Waals surface area (Å²) < 4.78 is 5.43. The van der Waals surface area contributed by atoms with E-state index in [0.717, 1.165) is 24.8 Å². The molecular formula is C30H38Cl2N4O4. The number of methoxy groups -OCH3 is 1. The molecular weight excluding hydrogens is 551 g/mol. The van der Waals surface area contributed by atoms with Gasteiger partial charge in [-0.15, -0.1) is 0 Å². The van der Waals surface area contributed by atoms with Gasteiger partial charge in [0.2, 0.25) is 11.8 Å².